The molecule has 0 saturated carbocycles. The van der Waals surface area contributed by atoms with E-state index in [1.165, 1.54) is 0 Å². The Bertz CT molecular complexity index is 317. The predicted octanol–water partition coefficient (Wildman–Crippen LogP) is 1.53. The summed E-state index contributed by atoms with van der Waals surface area (Å²) in [4.78, 5) is 14.4. The number of piperidine rings is 1. The number of carbonyl (C=O) groups is 1. The Hall–Kier alpha value is -0.610. The van der Waals surface area contributed by atoms with E-state index in [9.17, 15) is 4.79 Å². The minimum Gasteiger partial charge on any atom is -0.365 e. The highest BCUT2D eigenvalue weighted by molar-refractivity contribution is 5.81. The summed E-state index contributed by atoms with van der Waals surface area (Å²) in [7, 11) is 0. The largest absolute Gasteiger partial charge is 0.365 e. The number of nitrogens with two attached hydrogens (primary N) is 1. The molecule has 0 spiro atoms. The van der Waals surface area contributed by atoms with Crippen molar-refractivity contribution in [1.82, 2.24) is 4.90 Å². The molecule has 2 saturated heterocycles. The van der Waals surface area contributed by atoms with Crippen molar-refractivity contribution in [1.29, 1.82) is 0 Å². The van der Waals surface area contributed by atoms with E-state index in [1.54, 1.807) is 0 Å². The van der Waals surface area contributed by atoms with Gasteiger partial charge in [-0.1, -0.05) is 20.8 Å². The fourth-order valence-corrected chi connectivity index (χ4v) is 2.95. The maximum absolute atomic E-state index is 12.4. The first-order valence-electron chi connectivity index (χ1n) is 7.14. The maximum Gasteiger partial charge on any atom is 0.251 e. The first-order chi connectivity index (χ1) is 8.44. The number of rotatable bonds is 2. The molecule has 0 aromatic rings. The lowest BCUT2D eigenvalue weighted by molar-refractivity contribution is -0.146. The van der Waals surface area contributed by atoms with Gasteiger partial charge < -0.3 is 15.4 Å². The molecule has 3 unspecified atom stereocenters. The van der Waals surface area contributed by atoms with Crippen molar-refractivity contribution >= 4 is 5.91 Å². The van der Waals surface area contributed by atoms with Gasteiger partial charge in [-0.3, -0.25) is 4.79 Å². The van der Waals surface area contributed by atoms with Crippen molar-refractivity contribution in [3.63, 3.8) is 0 Å². The number of nitrogens with zero attached hydrogens (tertiary/aromatic N) is 1. The summed E-state index contributed by atoms with van der Waals surface area (Å²) in [6.07, 6.45) is 3.85. The van der Waals surface area contributed by atoms with Crippen molar-refractivity contribution in [2.75, 3.05) is 13.1 Å². The smallest absolute Gasteiger partial charge is 0.251 e. The van der Waals surface area contributed by atoms with Crippen LogP contribution in [0, 0.1) is 5.41 Å². The average molecular weight is 254 g/mol. The molecule has 2 N–H and O–H groups in total. The van der Waals surface area contributed by atoms with Crippen molar-refractivity contribution in [2.24, 2.45) is 11.1 Å². The molecule has 2 aliphatic heterocycles. The minimum atomic E-state index is -0.208. The molecular formula is C14H26N2O2. The van der Waals surface area contributed by atoms with Crippen LogP contribution in [0.25, 0.3) is 0 Å². The zero-order chi connectivity index (χ0) is 13.3. The molecule has 0 radical (unpaired) electrons. The van der Waals surface area contributed by atoms with Gasteiger partial charge in [0, 0.05) is 19.1 Å². The Morgan fingerprint density at radius 2 is 2.11 bits per heavy atom. The Morgan fingerprint density at radius 3 is 2.67 bits per heavy atom. The first-order valence-corrected chi connectivity index (χ1v) is 7.14. The van der Waals surface area contributed by atoms with Gasteiger partial charge in [-0.15, -0.1) is 0 Å². The van der Waals surface area contributed by atoms with Crippen LogP contribution in [0.15, 0.2) is 0 Å². The Morgan fingerprint density at radius 1 is 1.39 bits per heavy atom. The van der Waals surface area contributed by atoms with Crippen LogP contribution >= 0.6 is 0 Å². The van der Waals surface area contributed by atoms with Gasteiger partial charge in [-0.05, 0) is 31.1 Å². The molecular weight excluding hydrogens is 228 g/mol. The second-order valence-electron chi connectivity index (χ2n) is 6.38. The van der Waals surface area contributed by atoms with Crippen LogP contribution in [0.2, 0.25) is 0 Å². The van der Waals surface area contributed by atoms with Crippen LogP contribution in [-0.4, -0.2) is 42.1 Å². The van der Waals surface area contributed by atoms with Gasteiger partial charge >= 0.3 is 0 Å². The van der Waals surface area contributed by atoms with Crippen LogP contribution < -0.4 is 5.73 Å². The van der Waals surface area contributed by atoms with Crippen LogP contribution in [0.1, 0.15) is 46.5 Å². The molecule has 0 aliphatic carbocycles. The quantitative estimate of drug-likeness (QED) is 0.813. The topological polar surface area (TPSA) is 55.6 Å². The number of hydrogen-bond acceptors (Lipinski definition) is 3. The number of amides is 1. The molecule has 3 atom stereocenters. The summed E-state index contributed by atoms with van der Waals surface area (Å²) in [5.41, 5.74) is 6.11. The molecule has 2 aliphatic rings. The highest BCUT2D eigenvalue weighted by Gasteiger charge is 2.39. The standard InChI is InChI=1S/C14H26N2O2/c1-4-10-5-6-11(18-10)13(17)16-8-7-12(15)14(2,3)9-16/h10-12H,4-9,15H2,1-3H3. The van der Waals surface area contributed by atoms with Crippen molar-refractivity contribution in [3.8, 4) is 0 Å². The lowest BCUT2D eigenvalue weighted by Crippen LogP contribution is -2.55. The molecule has 2 fully saturated rings. The fraction of sp³-hybridized carbons (Fsp3) is 0.929. The number of carbonyl (C=O) groups excluding carboxylic acids is 1. The van der Waals surface area contributed by atoms with Gasteiger partial charge in [-0.2, -0.15) is 0 Å². The molecule has 4 nitrogen and oxygen atoms in total. The van der Waals surface area contributed by atoms with E-state index in [2.05, 4.69) is 20.8 Å². The van der Waals surface area contributed by atoms with E-state index in [-0.39, 0.29) is 29.6 Å². The lowest BCUT2D eigenvalue weighted by Gasteiger charge is -2.43. The van der Waals surface area contributed by atoms with Gasteiger partial charge in [0.2, 0.25) is 0 Å². The highest BCUT2D eigenvalue weighted by atomic mass is 16.5. The summed E-state index contributed by atoms with van der Waals surface area (Å²) in [6, 6.07) is 0.189. The van der Waals surface area contributed by atoms with Gasteiger partial charge in [0.25, 0.3) is 5.91 Å². The third-order valence-corrected chi connectivity index (χ3v) is 4.46. The van der Waals surface area contributed by atoms with Crippen LogP contribution in [0.4, 0.5) is 0 Å². The third kappa shape index (κ3) is 2.69. The third-order valence-electron chi connectivity index (χ3n) is 4.46. The summed E-state index contributed by atoms with van der Waals surface area (Å²) >= 11 is 0. The molecule has 1 amide bonds. The minimum absolute atomic E-state index is 0.0106. The van der Waals surface area contributed by atoms with Crippen LogP contribution in [0.3, 0.4) is 0 Å². The SMILES string of the molecule is CCC1CCC(C(=O)N2CCC(N)C(C)(C)C2)O1. The molecule has 0 aromatic carbocycles. The second-order valence-corrected chi connectivity index (χ2v) is 6.38. The predicted molar refractivity (Wildman–Crippen MR) is 71.1 cm³/mol. The van der Waals surface area contributed by atoms with Gasteiger partial charge in [0.1, 0.15) is 6.10 Å². The summed E-state index contributed by atoms with van der Waals surface area (Å²) in [5.74, 6) is 0.172. The zero-order valence-corrected chi connectivity index (χ0v) is 11.8. The average Bonchev–Trinajstić information content (AvgIpc) is 2.80. The van der Waals surface area contributed by atoms with E-state index in [1.807, 2.05) is 4.90 Å². The monoisotopic (exact) mass is 254 g/mol. The van der Waals surface area contributed by atoms with Crippen molar-refractivity contribution < 1.29 is 9.53 Å². The van der Waals surface area contributed by atoms with E-state index >= 15 is 0 Å². The summed E-state index contributed by atoms with van der Waals surface area (Å²) in [5, 5.41) is 0. The van der Waals surface area contributed by atoms with Gasteiger partial charge in [0.15, 0.2) is 0 Å². The van der Waals surface area contributed by atoms with E-state index in [4.69, 9.17) is 10.5 Å². The van der Waals surface area contributed by atoms with E-state index in [0.29, 0.717) is 0 Å². The number of likely N-dealkylation sites (tertiary alicyclic amines) is 1. The summed E-state index contributed by atoms with van der Waals surface area (Å²) in [6.45, 7) is 7.92. The molecule has 0 aromatic heterocycles. The first kappa shape index (κ1) is 13.8. The van der Waals surface area contributed by atoms with E-state index in [0.717, 1.165) is 38.8 Å². The zero-order valence-electron chi connectivity index (χ0n) is 11.8. The Labute approximate surface area is 110 Å². The Balaban J connectivity index is 1.94. The molecule has 2 heterocycles. The molecule has 0 bridgehead atoms. The van der Waals surface area contributed by atoms with Crippen molar-refractivity contribution in [3.05, 3.63) is 0 Å². The van der Waals surface area contributed by atoms with E-state index < -0.39 is 0 Å². The van der Waals surface area contributed by atoms with Gasteiger partial charge in [-0.25, -0.2) is 0 Å². The van der Waals surface area contributed by atoms with Crippen LogP contribution in [0.5, 0.6) is 0 Å². The second kappa shape index (κ2) is 5.17. The molecule has 2 rings (SSSR count). The molecule has 104 valence electrons. The summed E-state index contributed by atoms with van der Waals surface area (Å²) < 4.78 is 5.80. The highest BCUT2D eigenvalue weighted by Crippen LogP contribution is 2.30. The maximum atomic E-state index is 12.4. The normalized spacial score (nSPS) is 35.8. The van der Waals surface area contributed by atoms with Crippen LogP contribution in [-0.2, 0) is 9.53 Å². The van der Waals surface area contributed by atoms with Crippen molar-refractivity contribution in [2.45, 2.75) is 64.7 Å². The molecule has 4 heteroatoms. The van der Waals surface area contributed by atoms with Gasteiger partial charge in [0.05, 0.1) is 6.10 Å². The molecule has 18 heavy (non-hydrogen) atoms. The Kier molecular flexibility index (Phi) is 3.97. The lowest BCUT2D eigenvalue weighted by atomic mass is 9.79. The number of ether oxygens (including phenoxy) is 1. The fourth-order valence-electron chi connectivity index (χ4n) is 2.95. The number of hydrogen-bond donors (Lipinski definition) is 1.